The van der Waals surface area contributed by atoms with Crippen LogP contribution in [0.1, 0.15) is 11.3 Å². The molecule has 3 aromatic rings. The molecule has 1 aromatic heterocycles. The summed E-state index contributed by atoms with van der Waals surface area (Å²) in [5.41, 5.74) is 2.62. The molecule has 2 aromatic carbocycles. The zero-order chi connectivity index (χ0) is 17.9. The van der Waals surface area contributed by atoms with Crippen LogP contribution in [-0.2, 0) is 16.1 Å². The van der Waals surface area contributed by atoms with E-state index in [2.05, 4.69) is 5.16 Å². The molecule has 1 aliphatic rings. The Morgan fingerprint density at radius 1 is 1.15 bits per heavy atom. The smallest absolute Gasteiger partial charge is 0.351 e. The van der Waals surface area contributed by atoms with Crippen molar-refractivity contribution in [1.82, 2.24) is 5.16 Å². The van der Waals surface area contributed by atoms with Gasteiger partial charge in [0.05, 0.1) is 0 Å². The molecule has 0 spiro atoms. The van der Waals surface area contributed by atoms with Gasteiger partial charge in [0.1, 0.15) is 18.9 Å². The third-order valence-corrected chi connectivity index (χ3v) is 4.03. The van der Waals surface area contributed by atoms with Crippen molar-refractivity contribution in [2.75, 3.05) is 6.61 Å². The molecule has 0 N–H and O–H groups in total. The highest BCUT2D eigenvalue weighted by atomic mass is 16.6. The molecule has 4 rings (SSSR count). The number of carbonyl (C=O) groups excluding carboxylic acids is 1. The zero-order valence-electron chi connectivity index (χ0n) is 14.2. The fourth-order valence-corrected chi connectivity index (χ4v) is 2.61. The molecule has 2 heterocycles. The Bertz CT molecular complexity index is 916. The maximum Gasteiger partial charge on any atom is 0.351 e. The van der Waals surface area contributed by atoms with Crippen molar-refractivity contribution in [2.24, 2.45) is 0 Å². The Hall–Kier alpha value is -3.28. The minimum atomic E-state index is -0.798. The quantitative estimate of drug-likeness (QED) is 0.670. The summed E-state index contributed by atoms with van der Waals surface area (Å²) < 4.78 is 21.7. The highest BCUT2D eigenvalue weighted by Crippen LogP contribution is 2.31. The van der Waals surface area contributed by atoms with E-state index in [4.69, 9.17) is 18.7 Å². The molecule has 132 valence electrons. The topological polar surface area (TPSA) is 70.8 Å². The second-order valence-corrected chi connectivity index (χ2v) is 6.02. The number of para-hydroxylation sites is 2. The number of hydrogen-bond donors (Lipinski definition) is 0. The van der Waals surface area contributed by atoms with E-state index in [9.17, 15) is 4.79 Å². The lowest BCUT2D eigenvalue weighted by Gasteiger charge is -2.24. The van der Waals surface area contributed by atoms with Crippen LogP contribution < -0.4 is 9.47 Å². The van der Waals surface area contributed by atoms with E-state index >= 15 is 0 Å². The van der Waals surface area contributed by atoms with Gasteiger partial charge in [-0.05, 0) is 19.1 Å². The van der Waals surface area contributed by atoms with Crippen LogP contribution >= 0.6 is 0 Å². The second-order valence-electron chi connectivity index (χ2n) is 6.02. The summed E-state index contributed by atoms with van der Waals surface area (Å²) in [6.45, 7) is 2.14. The number of benzene rings is 2. The number of carbonyl (C=O) groups is 1. The first-order valence-electron chi connectivity index (χ1n) is 8.27. The van der Waals surface area contributed by atoms with E-state index < -0.39 is 12.1 Å². The summed E-state index contributed by atoms with van der Waals surface area (Å²) in [4.78, 5) is 12.2. The van der Waals surface area contributed by atoms with Crippen LogP contribution in [0, 0.1) is 6.92 Å². The number of fused-ring (bicyclic) bond motifs is 1. The molecule has 0 radical (unpaired) electrons. The zero-order valence-corrected chi connectivity index (χ0v) is 14.2. The lowest BCUT2D eigenvalue weighted by atomic mass is 10.1. The summed E-state index contributed by atoms with van der Waals surface area (Å²) in [6.07, 6.45) is -0.798. The predicted molar refractivity (Wildman–Crippen MR) is 92.8 cm³/mol. The van der Waals surface area contributed by atoms with Crippen LogP contribution in [0.15, 0.2) is 59.1 Å². The summed E-state index contributed by atoms with van der Waals surface area (Å²) in [7, 11) is 0. The van der Waals surface area contributed by atoms with Gasteiger partial charge >= 0.3 is 5.97 Å². The predicted octanol–water partition coefficient (Wildman–Crippen LogP) is 3.53. The van der Waals surface area contributed by atoms with E-state index in [1.54, 1.807) is 18.2 Å². The van der Waals surface area contributed by atoms with Gasteiger partial charge < -0.3 is 18.7 Å². The Labute approximate surface area is 150 Å². The van der Waals surface area contributed by atoms with Crippen molar-refractivity contribution in [3.8, 4) is 22.8 Å². The van der Waals surface area contributed by atoms with Gasteiger partial charge in [0.15, 0.2) is 17.3 Å². The fraction of sp³-hybridized carbons (Fsp3) is 0.200. The molecule has 0 saturated carbocycles. The molecule has 0 saturated heterocycles. The highest BCUT2D eigenvalue weighted by Gasteiger charge is 2.28. The van der Waals surface area contributed by atoms with Crippen molar-refractivity contribution >= 4 is 5.97 Å². The monoisotopic (exact) mass is 351 g/mol. The molecule has 1 atom stereocenters. The van der Waals surface area contributed by atoms with Gasteiger partial charge in [-0.15, -0.1) is 0 Å². The summed E-state index contributed by atoms with van der Waals surface area (Å²) >= 11 is 0. The van der Waals surface area contributed by atoms with Gasteiger partial charge in [0, 0.05) is 11.6 Å². The third-order valence-electron chi connectivity index (χ3n) is 4.03. The largest absolute Gasteiger partial charge is 0.485 e. The van der Waals surface area contributed by atoms with Crippen molar-refractivity contribution in [3.63, 3.8) is 0 Å². The van der Waals surface area contributed by atoms with E-state index in [-0.39, 0.29) is 13.2 Å². The lowest BCUT2D eigenvalue weighted by molar-refractivity contribution is -0.156. The molecule has 0 fully saturated rings. The van der Waals surface area contributed by atoms with Gasteiger partial charge in [-0.3, -0.25) is 0 Å². The van der Waals surface area contributed by atoms with Crippen LogP contribution in [0.25, 0.3) is 11.3 Å². The van der Waals surface area contributed by atoms with Crippen molar-refractivity contribution in [2.45, 2.75) is 19.6 Å². The molecular formula is C20H17NO5. The maximum absolute atomic E-state index is 12.2. The van der Waals surface area contributed by atoms with E-state index in [1.165, 1.54) is 5.56 Å². The normalized spacial score (nSPS) is 15.5. The maximum atomic E-state index is 12.2. The van der Waals surface area contributed by atoms with Gasteiger partial charge in [-0.2, -0.15) is 0 Å². The van der Waals surface area contributed by atoms with E-state index in [0.717, 1.165) is 5.56 Å². The van der Waals surface area contributed by atoms with Crippen LogP contribution in [0.2, 0.25) is 0 Å². The Kier molecular flexibility index (Phi) is 4.31. The molecular weight excluding hydrogens is 334 g/mol. The first-order valence-corrected chi connectivity index (χ1v) is 8.27. The average molecular weight is 351 g/mol. The Balaban J connectivity index is 1.36. The van der Waals surface area contributed by atoms with Crippen LogP contribution in [0.3, 0.4) is 0 Å². The summed E-state index contributed by atoms with van der Waals surface area (Å²) in [5, 5.41) is 3.94. The van der Waals surface area contributed by atoms with Gasteiger partial charge in [0.2, 0.25) is 6.10 Å². The number of rotatable bonds is 4. The number of aromatic nitrogens is 1. The number of esters is 1. The molecule has 0 aliphatic carbocycles. The van der Waals surface area contributed by atoms with Gasteiger partial charge in [0.25, 0.3) is 0 Å². The molecule has 6 heteroatoms. The molecule has 1 unspecified atom stereocenters. The summed E-state index contributed by atoms with van der Waals surface area (Å²) in [6, 6.07) is 16.9. The van der Waals surface area contributed by atoms with Crippen LogP contribution in [0.5, 0.6) is 11.5 Å². The van der Waals surface area contributed by atoms with Crippen molar-refractivity contribution < 1.29 is 23.5 Å². The standard InChI is InChI=1S/C20H17NO5/c1-13-6-8-14(9-7-13)18-10-15(21-26-18)11-24-20(22)19-12-23-16-4-2-3-5-17(16)25-19/h2-10,19H,11-12H2,1H3. The first kappa shape index (κ1) is 16.2. The Morgan fingerprint density at radius 3 is 2.73 bits per heavy atom. The molecule has 0 bridgehead atoms. The minimum absolute atomic E-state index is 0.00962. The van der Waals surface area contributed by atoms with Crippen LogP contribution in [0.4, 0.5) is 0 Å². The van der Waals surface area contributed by atoms with Gasteiger partial charge in [-0.1, -0.05) is 47.1 Å². The lowest BCUT2D eigenvalue weighted by Crippen LogP contribution is -2.37. The van der Waals surface area contributed by atoms with Crippen LogP contribution in [-0.4, -0.2) is 23.8 Å². The summed E-state index contributed by atoms with van der Waals surface area (Å²) in [5.74, 6) is 1.28. The third kappa shape index (κ3) is 3.39. The Morgan fingerprint density at radius 2 is 1.92 bits per heavy atom. The van der Waals surface area contributed by atoms with E-state index in [0.29, 0.717) is 23.0 Å². The molecule has 6 nitrogen and oxygen atoms in total. The molecule has 0 amide bonds. The highest BCUT2D eigenvalue weighted by molar-refractivity contribution is 5.76. The second kappa shape index (κ2) is 6.92. The first-order chi connectivity index (χ1) is 12.7. The minimum Gasteiger partial charge on any atom is -0.485 e. The number of ether oxygens (including phenoxy) is 3. The number of hydrogen-bond acceptors (Lipinski definition) is 6. The number of aryl methyl sites for hydroxylation is 1. The van der Waals surface area contributed by atoms with Gasteiger partial charge in [-0.25, -0.2) is 4.79 Å². The number of nitrogens with zero attached hydrogens (tertiary/aromatic N) is 1. The van der Waals surface area contributed by atoms with Crippen molar-refractivity contribution in [3.05, 3.63) is 65.9 Å². The SMILES string of the molecule is Cc1ccc(-c2cc(COC(=O)C3COc4ccccc4O3)no2)cc1. The average Bonchev–Trinajstić information content (AvgIpc) is 3.15. The molecule has 1 aliphatic heterocycles. The van der Waals surface area contributed by atoms with Crippen molar-refractivity contribution in [1.29, 1.82) is 0 Å². The van der Waals surface area contributed by atoms with E-state index in [1.807, 2.05) is 43.3 Å². The molecule has 26 heavy (non-hydrogen) atoms. The fourth-order valence-electron chi connectivity index (χ4n) is 2.61.